The topological polar surface area (TPSA) is 36.4 Å². The Morgan fingerprint density at radius 1 is 1.53 bits per heavy atom. The van der Waals surface area contributed by atoms with Crippen LogP contribution in [0.1, 0.15) is 17.0 Å². The third-order valence-electron chi connectivity index (χ3n) is 2.56. The van der Waals surface area contributed by atoms with Gasteiger partial charge < -0.3 is 10.0 Å². The minimum atomic E-state index is 0.184. The molecule has 1 aromatic heterocycles. The number of hydrogen-bond acceptors (Lipinski definition) is 4. The van der Waals surface area contributed by atoms with Crippen LogP contribution < -0.4 is 4.90 Å². The summed E-state index contributed by atoms with van der Waals surface area (Å²) in [7, 11) is 0. The summed E-state index contributed by atoms with van der Waals surface area (Å²) in [5.74, 6) is 0. The number of aliphatic hydroxyl groups excluding tert-OH is 1. The van der Waals surface area contributed by atoms with Gasteiger partial charge >= 0.3 is 0 Å². The first kappa shape index (κ1) is 10.6. The van der Waals surface area contributed by atoms with E-state index < -0.39 is 0 Å². The second-order valence-electron chi connectivity index (χ2n) is 3.68. The van der Waals surface area contributed by atoms with Gasteiger partial charge in [-0.25, -0.2) is 4.98 Å². The summed E-state index contributed by atoms with van der Waals surface area (Å²) in [6.45, 7) is 4.28. The van der Waals surface area contributed by atoms with E-state index in [-0.39, 0.29) is 6.61 Å². The number of aliphatic hydroxyl groups is 1. The Hall–Kier alpha value is -0.870. The summed E-state index contributed by atoms with van der Waals surface area (Å²) in [6, 6.07) is 0. The Morgan fingerprint density at radius 3 is 3.07 bits per heavy atom. The maximum Gasteiger partial charge on any atom is 0.186 e. The molecule has 2 rings (SSSR count). The van der Waals surface area contributed by atoms with Gasteiger partial charge in [-0.3, -0.25) is 0 Å². The van der Waals surface area contributed by atoms with Crippen LogP contribution in [0.15, 0.2) is 12.2 Å². The van der Waals surface area contributed by atoms with Crippen molar-refractivity contribution in [3.05, 3.63) is 22.7 Å². The third kappa shape index (κ3) is 2.38. The predicted octanol–water partition coefficient (Wildman–Crippen LogP) is 1.75. The lowest BCUT2D eigenvalue weighted by molar-refractivity contribution is 0.298. The number of rotatable bonds is 3. The van der Waals surface area contributed by atoms with Crippen LogP contribution >= 0.6 is 11.3 Å². The molecule has 0 fully saturated rings. The van der Waals surface area contributed by atoms with Gasteiger partial charge in [-0.15, -0.1) is 11.3 Å². The predicted molar refractivity (Wildman–Crippen MR) is 63.6 cm³/mol. The van der Waals surface area contributed by atoms with Crippen LogP contribution in [-0.4, -0.2) is 29.8 Å². The first-order chi connectivity index (χ1) is 7.31. The van der Waals surface area contributed by atoms with Gasteiger partial charge in [0.2, 0.25) is 0 Å². The molecule has 3 nitrogen and oxygen atoms in total. The van der Waals surface area contributed by atoms with Crippen LogP contribution in [0.4, 0.5) is 5.13 Å². The number of nitrogens with zero attached hydrogens (tertiary/aromatic N) is 2. The average Bonchev–Trinajstić information content (AvgIpc) is 2.63. The molecule has 1 aliphatic heterocycles. The Bertz CT molecular complexity index is 359. The van der Waals surface area contributed by atoms with Crippen LogP contribution in [-0.2, 0) is 6.42 Å². The molecule has 0 saturated heterocycles. The van der Waals surface area contributed by atoms with Crippen LogP contribution in [0.3, 0.4) is 0 Å². The first-order valence-electron chi connectivity index (χ1n) is 5.28. The first-order valence-corrected chi connectivity index (χ1v) is 6.10. The Labute approximate surface area is 94.1 Å². The molecule has 0 spiro atoms. The molecular weight excluding hydrogens is 208 g/mol. The van der Waals surface area contributed by atoms with Crippen molar-refractivity contribution in [2.24, 2.45) is 0 Å². The van der Waals surface area contributed by atoms with Crippen molar-refractivity contribution < 1.29 is 5.11 Å². The molecule has 0 radical (unpaired) electrons. The highest BCUT2D eigenvalue weighted by molar-refractivity contribution is 7.15. The van der Waals surface area contributed by atoms with Crippen molar-refractivity contribution in [2.75, 3.05) is 24.6 Å². The van der Waals surface area contributed by atoms with Gasteiger partial charge in [0, 0.05) is 31.0 Å². The maximum absolute atomic E-state index is 8.90. The number of aromatic nitrogens is 1. The fourth-order valence-corrected chi connectivity index (χ4v) is 2.69. The fraction of sp³-hybridized carbons (Fsp3) is 0.545. The molecule has 0 bridgehead atoms. The van der Waals surface area contributed by atoms with E-state index in [1.165, 1.54) is 4.88 Å². The molecule has 0 unspecified atom stereocenters. The SMILES string of the molecule is Cc1sc(N2CC=CCC2)nc1CCO. The zero-order valence-corrected chi connectivity index (χ0v) is 9.76. The summed E-state index contributed by atoms with van der Waals surface area (Å²) >= 11 is 1.73. The van der Waals surface area contributed by atoms with E-state index in [1.807, 2.05) is 0 Å². The molecular formula is C11H16N2OS. The average molecular weight is 224 g/mol. The summed E-state index contributed by atoms with van der Waals surface area (Å²) in [6.07, 6.45) is 6.18. The molecule has 0 aliphatic carbocycles. The number of anilines is 1. The van der Waals surface area contributed by atoms with E-state index in [1.54, 1.807) is 11.3 Å². The van der Waals surface area contributed by atoms with Crippen molar-refractivity contribution in [2.45, 2.75) is 19.8 Å². The molecule has 0 atom stereocenters. The van der Waals surface area contributed by atoms with E-state index >= 15 is 0 Å². The van der Waals surface area contributed by atoms with Crippen LogP contribution in [0.5, 0.6) is 0 Å². The van der Waals surface area contributed by atoms with Crippen LogP contribution in [0.2, 0.25) is 0 Å². The zero-order valence-electron chi connectivity index (χ0n) is 8.94. The molecule has 1 aromatic rings. The second-order valence-corrected chi connectivity index (χ2v) is 4.86. The van der Waals surface area contributed by atoms with Crippen molar-refractivity contribution >= 4 is 16.5 Å². The van der Waals surface area contributed by atoms with E-state index in [9.17, 15) is 0 Å². The monoisotopic (exact) mass is 224 g/mol. The van der Waals surface area contributed by atoms with Crippen molar-refractivity contribution in [1.29, 1.82) is 0 Å². The maximum atomic E-state index is 8.90. The Morgan fingerprint density at radius 2 is 2.40 bits per heavy atom. The quantitative estimate of drug-likeness (QED) is 0.795. The van der Waals surface area contributed by atoms with Crippen LogP contribution in [0.25, 0.3) is 0 Å². The molecule has 15 heavy (non-hydrogen) atoms. The van der Waals surface area contributed by atoms with Gasteiger partial charge in [-0.2, -0.15) is 0 Å². The van der Waals surface area contributed by atoms with Crippen LogP contribution in [0, 0.1) is 6.92 Å². The zero-order chi connectivity index (χ0) is 10.7. The summed E-state index contributed by atoms with van der Waals surface area (Å²) in [4.78, 5) is 8.09. The van der Waals surface area contributed by atoms with E-state index in [0.29, 0.717) is 6.42 Å². The van der Waals surface area contributed by atoms with Gasteiger partial charge in [0.15, 0.2) is 5.13 Å². The number of hydrogen-bond donors (Lipinski definition) is 1. The summed E-state index contributed by atoms with van der Waals surface area (Å²) in [5, 5.41) is 10.0. The van der Waals surface area contributed by atoms with Gasteiger partial charge in [0.05, 0.1) is 5.69 Å². The van der Waals surface area contributed by atoms with Crippen molar-refractivity contribution in [1.82, 2.24) is 4.98 Å². The van der Waals surface area contributed by atoms with Gasteiger partial charge in [-0.1, -0.05) is 12.2 Å². The van der Waals surface area contributed by atoms with Crippen molar-refractivity contribution in [3.8, 4) is 0 Å². The summed E-state index contributed by atoms with van der Waals surface area (Å²) in [5.41, 5.74) is 1.05. The lowest BCUT2D eigenvalue weighted by Crippen LogP contribution is -2.26. The Balaban J connectivity index is 2.14. The highest BCUT2D eigenvalue weighted by atomic mass is 32.1. The highest BCUT2D eigenvalue weighted by Crippen LogP contribution is 2.26. The standard InChI is InChI=1S/C11H16N2OS/c1-9-10(5-8-14)12-11(15-9)13-6-3-2-4-7-13/h2-3,14H,4-8H2,1H3. The normalized spacial score (nSPS) is 16.0. The third-order valence-corrected chi connectivity index (χ3v) is 3.63. The molecule has 82 valence electrons. The molecule has 0 aromatic carbocycles. The Kier molecular flexibility index (Phi) is 3.38. The number of aryl methyl sites for hydroxylation is 1. The molecule has 1 aliphatic rings. The highest BCUT2D eigenvalue weighted by Gasteiger charge is 2.13. The summed E-state index contributed by atoms with van der Waals surface area (Å²) < 4.78 is 0. The molecule has 2 heterocycles. The van der Waals surface area contributed by atoms with Gasteiger partial charge in [-0.05, 0) is 13.3 Å². The van der Waals surface area contributed by atoms with E-state index in [2.05, 4.69) is 29.0 Å². The smallest absolute Gasteiger partial charge is 0.186 e. The van der Waals surface area contributed by atoms with Gasteiger partial charge in [0.25, 0.3) is 0 Å². The molecule has 4 heteroatoms. The molecule has 0 saturated carbocycles. The molecule has 0 amide bonds. The van der Waals surface area contributed by atoms with Gasteiger partial charge in [0.1, 0.15) is 0 Å². The number of thiazole rings is 1. The second kappa shape index (κ2) is 4.77. The minimum Gasteiger partial charge on any atom is -0.396 e. The van der Waals surface area contributed by atoms with E-state index in [4.69, 9.17) is 5.11 Å². The fourth-order valence-electron chi connectivity index (χ4n) is 1.70. The lowest BCUT2D eigenvalue weighted by Gasteiger charge is -2.22. The van der Waals surface area contributed by atoms with Crippen molar-refractivity contribution in [3.63, 3.8) is 0 Å². The minimum absolute atomic E-state index is 0.184. The van der Waals surface area contributed by atoms with E-state index in [0.717, 1.165) is 30.3 Å². The molecule has 1 N–H and O–H groups in total. The lowest BCUT2D eigenvalue weighted by atomic mass is 10.3. The largest absolute Gasteiger partial charge is 0.396 e.